The number of piperidine rings is 1. The number of ether oxygens (including phenoxy) is 1. The molecular weight excluding hydrogens is 389 g/mol. The van der Waals surface area contributed by atoms with Gasteiger partial charge < -0.3 is 15.4 Å². The van der Waals surface area contributed by atoms with Crippen molar-refractivity contribution in [2.24, 2.45) is 17.6 Å². The summed E-state index contributed by atoms with van der Waals surface area (Å²) in [7, 11) is 0. The molecule has 0 saturated carbocycles. The van der Waals surface area contributed by atoms with E-state index in [0.717, 1.165) is 5.56 Å². The van der Waals surface area contributed by atoms with Crippen LogP contribution in [0.15, 0.2) is 24.3 Å². The van der Waals surface area contributed by atoms with Crippen molar-refractivity contribution in [1.82, 2.24) is 9.80 Å². The molecule has 30 heavy (non-hydrogen) atoms. The van der Waals surface area contributed by atoms with Gasteiger partial charge in [0.1, 0.15) is 5.82 Å². The fourth-order valence-electron chi connectivity index (χ4n) is 4.37. The van der Waals surface area contributed by atoms with Gasteiger partial charge in [0.15, 0.2) is 0 Å². The predicted molar refractivity (Wildman–Crippen MR) is 109 cm³/mol. The Morgan fingerprint density at radius 2 is 1.73 bits per heavy atom. The molecule has 7 nitrogen and oxygen atoms in total. The van der Waals surface area contributed by atoms with Gasteiger partial charge in [0.2, 0.25) is 11.8 Å². The normalized spacial score (nSPS) is 23.0. The summed E-state index contributed by atoms with van der Waals surface area (Å²) in [5.74, 6) is -1.69. The van der Waals surface area contributed by atoms with Crippen molar-refractivity contribution in [2.45, 2.75) is 45.3 Å². The second-order valence-electron chi connectivity index (χ2n) is 8.42. The van der Waals surface area contributed by atoms with Crippen LogP contribution >= 0.6 is 0 Å². The molecule has 0 spiro atoms. The summed E-state index contributed by atoms with van der Waals surface area (Å²) in [4.78, 5) is 40.9. The van der Waals surface area contributed by atoms with Gasteiger partial charge in [-0.15, -0.1) is 0 Å². The van der Waals surface area contributed by atoms with Gasteiger partial charge in [-0.3, -0.25) is 19.3 Å². The number of hydrogen-bond acceptors (Lipinski definition) is 5. The standard InChI is InChI=1S/C22H30FN3O4/c1-14(2)30-22(29)18-9-12-26(20(18)15-3-5-17(23)6-4-15)19(27)13-25-10-7-16(8-11-25)21(24)28/h3-6,14,16,18,20H,7-13H2,1-2H3,(H2,24,28)/t18-,20-/m1/s1. The first-order chi connectivity index (χ1) is 14.3. The van der Waals surface area contributed by atoms with Gasteiger partial charge in [-0.05, 0) is 63.9 Å². The lowest BCUT2D eigenvalue weighted by Gasteiger charge is -2.33. The van der Waals surface area contributed by atoms with E-state index in [2.05, 4.69) is 0 Å². The number of carbonyl (C=O) groups is 3. The molecule has 8 heteroatoms. The van der Waals surface area contributed by atoms with Crippen molar-refractivity contribution in [3.8, 4) is 0 Å². The number of primary amides is 1. The third-order valence-corrected chi connectivity index (χ3v) is 5.93. The molecule has 2 aliphatic heterocycles. The molecule has 0 aliphatic carbocycles. The molecule has 0 radical (unpaired) electrons. The zero-order valence-corrected chi connectivity index (χ0v) is 17.6. The number of hydrogen-bond donors (Lipinski definition) is 1. The minimum atomic E-state index is -0.484. The number of amides is 2. The highest BCUT2D eigenvalue weighted by atomic mass is 19.1. The number of halogens is 1. The zero-order valence-electron chi connectivity index (χ0n) is 17.6. The summed E-state index contributed by atoms with van der Waals surface area (Å²) in [6, 6.07) is 5.46. The third-order valence-electron chi connectivity index (χ3n) is 5.93. The predicted octanol–water partition coefficient (Wildman–Crippen LogP) is 1.86. The molecule has 2 amide bonds. The van der Waals surface area contributed by atoms with Gasteiger partial charge in [0.05, 0.1) is 24.6 Å². The van der Waals surface area contributed by atoms with Gasteiger partial charge in [-0.1, -0.05) is 12.1 Å². The summed E-state index contributed by atoms with van der Waals surface area (Å²) >= 11 is 0. The maximum Gasteiger partial charge on any atom is 0.311 e. The lowest BCUT2D eigenvalue weighted by Crippen LogP contribution is -2.45. The van der Waals surface area contributed by atoms with Crippen molar-refractivity contribution in [3.05, 3.63) is 35.6 Å². The average molecular weight is 419 g/mol. The number of rotatable bonds is 6. The largest absolute Gasteiger partial charge is 0.463 e. The fraction of sp³-hybridized carbons (Fsp3) is 0.591. The highest BCUT2D eigenvalue weighted by Gasteiger charge is 2.43. The highest BCUT2D eigenvalue weighted by Crippen LogP contribution is 2.38. The maximum atomic E-state index is 13.4. The molecule has 164 valence electrons. The Balaban J connectivity index is 1.73. The smallest absolute Gasteiger partial charge is 0.311 e. The Morgan fingerprint density at radius 1 is 1.10 bits per heavy atom. The second kappa shape index (κ2) is 9.55. The van der Waals surface area contributed by atoms with Crippen molar-refractivity contribution in [1.29, 1.82) is 0 Å². The van der Waals surface area contributed by atoms with E-state index in [-0.39, 0.29) is 42.2 Å². The molecular formula is C22H30FN3O4. The molecule has 1 aromatic rings. The molecule has 2 N–H and O–H groups in total. The lowest BCUT2D eigenvalue weighted by atomic mass is 9.93. The fourth-order valence-corrected chi connectivity index (χ4v) is 4.37. The molecule has 2 aliphatic rings. The Labute approximate surface area is 176 Å². The molecule has 2 atom stereocenters. The molecule has 1 aromatic carbocycles. The number of likely N-dealkylation sites (tertiary alicyclic amines) is 2. The van der Waals surface area contributed by atoms with E-state index in [0.29, 0.717) is 38.9 Å². The maximum absolute atomic E-state index is 13.4. The van der Waals surface area contributed by atoms with Crippen LogP contribution in [-0.2, 0) is 19.1 Å². The Bertz CT molecular complexity index is 775. The lowest BCUT2D eigenvalue weighted by molar-refractivity contribution is -0.153. The number of carbonyl (C=O) groups excluding carboxylic acids is 3. The highest BCUT2D eigenvalue weighted by molar-refractivity contribution is 5.82. The molecule has 2 fully saturated rings. The van der Waals surface area contributed by atoms with Crippen LogP contribution in [-0.4, -0.2) is 59.9 Å². The molecule has 0 unspecified atom stereocenters. The Hall–Kier alpha value is -2.48. The van der Waals surface area contributed by atoms with Crippen LogP contribution in [0, 0.1) is 17.7 Å². The molecule has 0 bridgehead atoms. The van der Waals surface area contributed by atoms with Crippen molar-refractivity contribution >= 4 is 17.8 Å². The minimum absolute atomic E-state index is 0.0818. The molecule has 2 heterocycles. The first-order valence-electron chi connectivity index (χ1n) is 10.5. The van der Waals surface area contributed by atoms with Gasteiger partial charge in [0, 0.05) is 12.5 Å². The summed E-state index contributed by atoms with van der Waals surface area (Å²) in [6.45, 7) is 5.50. The number of benzene rings is 1. The quantitative estimate of drug-likeness (QED) is 0.711. The summed E-state index contributed by atoms with van der Waals surface area (Å²) in [5, 5.41) is 0. The van der Waals surface area contributed by atoms with Crippen LogP contribution in [0.2, 0.25) is 0 Å². The van der Waals surface area contributed by atoms with E-state index in [1.165, 1.54) is 12.1 Å². The van der Waals surface area contributed by atoms with E-state index in [4.69, 9.17) is 10.5 Å². The minimum Gasteiger partial charge on any atom is -0.463 e. The average Bonchev–Trinajstić information content (AvgIpc) is 3.14. The Morgan fingerprint density at radius 3 is 2.30 bits per heavy atom. The van der Waals surface area contributed by atoms with Gasteiger partial charge in [0.25, 0.3) is 0 Å². The third kappa shape index (κ3) is 5.16. The van der Waals surface area contributed by atoms with Crippen LogP contribution < -0.4 is 5.73 Å². The van der Waals surface area contributed by atoms with Gasteiger partial charge in [-0.2, -0.15) is 0 Å². The molecule has 3 rings (SSSR count). The van der Waals surface area contributed by atoms with Crippen molar-refractivity contribution in [2.75, 3.05) is 26.2 Å². The second-order valence-corrected chi connectivity index (χ2v) is 8.42. The Kier molecular flexibility index (Phi) is 7.07. The topological polar surface area (TPSA) is 92.9 Å². The van der Waals surface area contributed by atoms with E-state index < -0.39 is 12.0 Å². The monoisotopic (exact) mass is 419 g/mol. The molecule has 0 aromatic heterocycles. The SMILES string of the molecule is CC(C)OC(=O)[C@@H]1CCN(C(=O)CN2CCC(C(N)=O)CC2)[C@@H]1c1ccc(F)cc1. The van der Waals surface area contributed by atoms with E-state index in [1.807, 2.05) is 4.90 Å². The van der Waals surface area contributed by atoms with Crippen LogP contribution in [0.5, 0.6) is 0 Å². The number of nitrogens with two attached hydrogens (primary N) is 1. The van der Waals surface area contributed by atoms with Crippen LogP contribution in [0.25, 0.3) is 0 Å². The summed E-state index contributed by atoms with van der Waals surface area (Å²) < 4.78 is 18.9. The summed E-state index contributed by atoms with van der Waals surface area (Å²) in [6.07, 6.45) is 1.55. The van der Waals surface area contributed by atoms with Crippen LogP contribution in [0.3, 0.4) is 0 Å². The van der Waals surface area contributed by atoms with Crippen molar-refractivity contribution in [3.63, 3.8) is 0 Å². The summed E-state index contributed by atoms with van der Waals surface area (Å²) in [5.41, 5.74) is 6.10. The zero-order chi connectivity index (χ0) is 21.8. The first-order valence-corrected chi connectivity index (χ1v) is 10.5. The van der Waals surface area contributed by atoms with E-state index in [1.54, 1.807) is 30.9 Å². The number of nitrogens with zero attached hydrogens (tertiary/aromatic N) is 2. The molecule has 2 saturated heterocycles. The van der Waals surface area contributed by atoms with E-state index >= 15 is 0 Å². The first kappa shape index (κ1) is 22.2. The van der Waals surface area contributed by atoms with Crippen molar-refractivity contribution < 1.29 is 23.5 Å². The van der Waals surface area contributed by atoms with Gasteiger partial charge in [-0.25, -0.2) is 4.39 Å². The van der Waals surface area contributed by atoms with Crippen LogP contribution in [0.1, 0.15) is 44.7 Å². The van der Waals surface area contributed by atoms with E-state index in [9.17, 15) is 18.8 Å². The van der Waals surface area contributed by atoms with Crippen LogP contribution in [0.4, 0.5) is 4.39 Å². The number of esters is 1. The van der Waals surface area contributed by atoms with Gasteiger partial charge >= 0.3 is 5.97 Å².